The number of amides is 1. The second-order valence-electron chi connectivity index (χ2n) is 4.89. The number of aromatic nitrogens is 1. The molecule has 4 N–H and O–H groups in total. The van der Waals surface area contributed by atoms with E-state index < -0.39 is 5.91 Å². The van der Waals surface area contributed by atoms with Crippen molar-refractivity contribution in [1.29, 1.82) is 0 Å². The predicted molar refractivity (Wildman–Crippen MR) is 70.8 cm³/mol. The summed E-state index contributed by atoms with van der Waals surface area (Å²) in [5, 5.41) is 12.7. The maximum absolute atomic E-state index is 11.3. The van der Waals surface area contributed by atoms with Crippen LogP contribution in [0.4, 0.5) is 5.82 Å². The number of anilines is 1. The van der Waals surface area contributed by atoms with Crippen LogP contribution in [-0.2, 0) is 4.74 Å². The largest absolute Gasteiger partial charge is 0.396 e. The molecule has 0 saturated carbocycles. The lowest BCUT2D eigenvalue weighted by Crippen LogP contribution is -2.39. The summed E-state index contributed by atoms with van der Waals surface area (Å²) in [7, 11) is 0. The number of nitrogens with one attached hydrogen (secondary N) is 1. The van der Waals surface area contributed by atoms with Gasteiger partial charge in [0.2, 0.25) is 0 Å². The summed E-state index contributed by atoms with van der Waals surface area (Å²) in [5.41, 5.74) is 5.45. The van der Waals surface area contributed by atoms with Crippen molar-refractivity contribution < 1.29 is 14.6 Å². The smallest absolute Gasteiger partial charge is 0.252 e. The molecule has 0 unspecified atom stereocenters. The predicted octanol–water partition coefficient (Wildman–Crippen LogP) is 0.381. The molecule has 1 aromatic heterocycles. The highest BCUT2D eigenvalue weighted by Crippen LogP contribution is 2.30. The first kappa shape index (κ1) is 13.8. The van der Waals surface area contributed by atoms with Crippen LogP contribution >= 0.6 is 0 Å². The number of nitrogens with zero attached hydrogens (tertiary/aromatic N) is 1. The van der Waals surface area contributed by atoms with E-state index in [4.69, 9.17) is 10.5 Å². The number of nitrogens with two attached hydrogens (primary N) is 1. The van der Waals surface area contributed by atoms with Gasteiger partial charge in [-0.1, -0.05) is 0 Å². The zero-order valence-electron chi connectivity index (χ0n) is 10.8. The number of primary amides is 1. The lowest BCUT2D eigenvalue weighted by molar-refractivity contribution is -0.00862. The van der Waals surface area contributed by atoms with Crippen molar-refractivity contribution in [3.05, 3.63) is 23.9 Å². The van der Waals surface area contributed by atoms with E-state index in [2.05, 4.69) is 10.3 Å². The first-order chi connectivity index (χ1) is 9.17. The molecule has 0 spiro atoms. The molecule has 6 nitrogen and oxygen atoms in total. The summed E-state index contributed by atoms with van der Waals surface area (Å²) >= 11 is 0. The average Bonchev–Trinajstić information content (AvgIpc) is 2.46. The van der Waals surface area contributed by atoms with Crippen LogP contribution in [0.1, 0.15) is 23.2 Å². The third-order valence-corrected chi connectivity index (χ3v) is 3.59. The lowest BCUT2D eigenvalue weighted by atomic mass is 9.81. The molecule has 0 radical (unpaired) electrons. The second kappa shape index (κ2) is 5.99. The van der Waals surface area contributed by atoms with E-state index >= 15 is 0 Å². The van der Waals surface area contributed by atoms with Gasteiger partial charge >= 0.3 is 0 Å². The molecule has 0 aromatic carbocycles. The molecule has 104 valence electrons. The fourth-order valence-corrected chi connectivity index (χ4v) is 2.21. The Morgan fingerprint density at radius 3 is 2.89 bits per heavy atom. The van der Waals surface area contributed by atoms with Gasteiger partial charge in [0.1, 0.15) is 5.82 Å². The van der Waals surface area contributed by atoms with Crippen LogP contribution in [0.25, 0.3) is 0 Å². The Balaban J connectivity index is 2.07. The molecule has 2 heterocycles. The number of aliphatic hydroxyl groups excluding tert-OH is 1. The highest BCUT2D eigenvalue weighted by molar-refractivity contribution is 5.97. The number of pyridine rings is 1. The molecule has 19 heavy (non-hydrogen) atoms. The molecule has 1 amide bonds. The monoisotopic (exact) mass is 265 g/mol. The molecule has 1 aliphatic heterocycles. The highest BCUT2D eigenvalue weighted by atomic mass is 16.5. The second-order valence-corrected chi connectivity index (χ2v) is 4.89. The number of hydrogen-bond donors (Lipinski definition) is 3. The van der Waals surface area contributed by atoms with Crippen molar-refractivity contribution in [3.8, 4) is 0 Å². The molecule has 0 bridgehead atoms. The van der Waals surface area contributed by atoms with Gasteiger partial charge in [0, 0.05) is 31.4 Å². The molecule has 0 aliphatic carbocycles. The van der Waals surface area contributed by atoms with Crippen LogP contribution in [0.3, 0.4) is 0 Å². The fraction of sp³-hybridized carbons (Fsp3) is 0.538. The molecule has 1 aliphatic rings. The molecule has 0 atom stereocenters. The van der Waals surface area contributed by atoms with Gasteiger partial charge in [0.15, 0.2) is 0 Å². The van der Waals surface area contributed by atoms with Crippen molar-refractivity contribution in [2.45, 2.75) is 12.8 Å². The van der Waals surface area contributed by atoms with Crippen LogP contribution < -0.4 is 11.1 Å². The zero-order valence-corrected chi connectivity index (χ0v) is 10.8. The molecule has 1 saturated heterocycles. The van der Waals surface area contributed by atoms with E-state index in [-0.39, 0.29) is 12.0 Å². The first-order valence-corrected chi connectivity index (χ1v) is 6.34. The molecule has 1 fully saturated rings. The van der Waals surface area contributed by atoms with Gasteiger partial charge in [-0.25, -0.2) is 4.98 Å². The van der Waals surface area contributed by atoms with E-state index in [0.717, 1.165) is 12.8 Å². The summed E-state index contributed by atoms with van der Waals surface area (Å²) in [6, 6.07) is 3.30. The van der Waals surface area contributed by atoms with Crippen molar-refractivity contribution in [2.75, 3.05) is 31.7 Å². The summed E-state index contributed by atoms with van der Waals surface area (Å²) in [4.78, 5) is 15.4. The normalized spacial score (nSPS) is 17.9. The Kier molecular flexibility index (Phi) is 4.34. The summed E-state index contributed by atoms with van der Waals surface area (Å²) in [5.74, 6) is -0.0463. The van der Waals surface area contributed by atoms with Crippen molar-refractivity contribution in [2.24, 2.45) is 11.1 Å². The maximum Gasteiger partial charge on any atom is 0.252 e. The minimum Gasteiger partial charge on any atom is -0.396 e. The van der Waals surface area contributed by atoms with Gasteiger partial charge in [0.05, 0.1) is 12.2 Å². The first-order valence-electron chi connectivity index (χ1n) is 6.34. The van der Waals surface area contributed by atoms with Crippen molar-refractivity contribution >= 4 is 11.7 Å². The molecule has 6 heteroatoms. The SMILES string of the molecule is NC(=O)c1cccnc1NCC1(CO)CCOCC1. The third-order valence-electron chi connectivity index (χ3n) is 3.59. The summed E-state index contributed by atoms with van der Waals surface area (Å²) in [6.07, 6.45) is 3.18. The number of carbonyl (C=O) groups excluding carboxylic acids is 1. The standard InChI is InChI=1S/C13H19N3O3/c14-11(18)10-2-1-5-15-12(10)16-8-13(9-17)3-6-19-7-4-13/h1-2,5,17H,3-4,6-9H2,(H2,14,18)(H,15,16). The number of hydrogen-bond acceptors (Lipinski definition) is 5. The van der Waals surface area contributed by atoms with Crippen LogP contribution in [0.5, 0.6) is 0 Å². The molecular formula is C13H19N3O3. The Hall–Kier alpha value is -1.66. The van der Waals surface area contributed by atoms with Gasteiger partial charge < -0.3 is 20.9 Å². The molecule has 2 rings (SSSR count). The topological polar surface area (TPSA) is 97.5 Å². The number of ether oxygens (including phenoxy) is 1. The van der Waals surface area contributed by atoms with Gasteiger partial charge in [-0.05, 0) is 25.0 Å². The summed E-state index contributed by atoms with van der Waals surface area (Å²) in [6.45, 7) is 1.92. The van der Waals surface area contributed by atoms with E-state index in [0.29, 0.717) is 31.1 Å². The Labute approximate surface area is 112 Å². The Bertz CT molecular complexity index is 445. The Morgan fingerprint density at radius 1 is 1.53 bits per heavy atom. The van der Waals surface area contributed by atoms with Crippen LogP contribution in [0.2, 0.25) is 0 Å². The van der Waals surface area contributed by atoms with E-state index in [1.165, 1.54) is 0 Å². The van der Waals surface area contributed by atoms with Gasteiger partial charge in [0.25, 0.3) is 5.91 Å². The van der Waals surface area contributed by atoms with Crippen LogP contribution in [0.15, 0.2) is 18.3 Å². The van der Waals surface area contributed by atoms with E-state index in [1.54, 1.807) is 18.3 Å². The number of rotatable bonds is 5. The highest BCUT2D eigenvalue weighted by Gasteiger charge is 2.32. The minimum absolute atomic E-state index is 0.0854. The third kappa shape index (κ3) is 3.21. The van der Waals surface area contributed by atoms with E-state index in [1.807, 2.05) is 0 Å². The lowest BCUT2D eigenvalue weighted by Gasteiger charge is -2.35. The minimum atomic E-state index is -0.513. The average molecular weight is 265 g/mol. The van der Waals surface area contributed by atoms with E-state index in [9.17, 15) is 9.90 Å². The molecule has 1 aromatic rings. The fourth-order valence-electron chi connectivity index (χ4n) is 2.21. The molecular weight excluding hydrogens is 246 g/mol. The zero-order chi connectivity index (χ0) is 13.7. The quantitative estimate of drug-likeness (QED) is 0.715. The number of aliphatic hydroxyl groups is 1. The van der Waals surface area contributed by atoms with Crippen molar-refractivity contribution in [3.63, 3.8) is 0 Å². The summed E-state index contributed by atoms with van der Waals surface area (Å²) < 4.78 is 5.31. The van der Waals surface area contributed by atoms with Gasteiger partial charge in [-0.15, -0.1) is 0 Å². The Morgan fingerprint density at radius 2 is 2.26 bits per heavy atom. The van der Waals surface area contributed by atoms with Gasteiger partial charge in [-0.2, -0.15) is 0 Å². The van der Waals surface area contributed by atoms with Crippen molar-refractivity contribution in [1.82, 2.24) is 4.98 Å². The van der Waals surface area contributed by atoms with Crippen LogP contribution in [-0.4, -0.2) is 42.4 Å². The maximum atomic E-state index is 11.3. The van der Waals surface area contributed by atoms with Gasteiger partial charge in [-0.3, -0.25) is 4.79 Å². The van der Waals surface area contributed by atoms with Crippen LogP contribution in [0, 0.1) is 5.41 Å². The number of carbonyl (C=O) groups is 1.